The predicted octanol–water partition coefficient (Wildman–Crippen LogP) is 4.21. The van der Waals surface area contributed by atoms with Gasteiger partial charge in [0.1, 0.15) is 0 Å². The van der Waals surface area contributed by atoms with Crippen molar-refractivity contribution in [3.05, 3.63) is 81.4 Å². The molecule has 0 saturated carbocycles. The smallest absolute Gasteiger partial charge is 0.375 e. The quantitative estimate of drug-likeness (QED) is 0.655. The van der Waals surface area contributed by atoms with Crippen LogP contribution in [0.3, 0.4) is 0 Å². The summed E-state index contributed by atoms with van der Waals surface area (Å²) in [6.45, 7) is 0.343. The SMILES string of the molecule is O=C(OC(C(=O)NCc1cccs1)c1ccccc1Cl)c1ccco1. The third-order valence-electron chi connectivity index (χ3n) is 3.39. The zero-order valence-corrected chi connectivity index (χ0v) is 14.5. The van der Waals surface area contributed by atoms with E-state index >= 15 is 0 Å². The number of thiophene rings is 1. The summed E-state index contributed by atoms with van der Waals surface area (Å²) in [6, 6.07) is 13.6. The Hall–Kier alpha value is -2.57. The topological polar surface area (TPSA) is 68.5 Å². The Kier molecular flexibility index (Phi) is 5.53. The first kappa shape index (κ1) is 17.3. The normalized spacial score (nSPS) is 11.7. The minimum absolute atomic E-state index is 0.0168. The van der Waals surface area contributed by atoms with E-state index in [1.165, 1.54) is 23.7 Å². The monoisotopic (exact) mass is 375 g/mol. The second-order valence-corrected chi connectivity index (χ2v) is 6.52. The number of benzene rings is 1. The number of nitrogens with one attached hydrogen (secondary N) is 1. The number of hydrogen-bond acceptors (Lipinski definition) is 5. The first-order valence-corrected chi connectivity index (χ1v) is 8.70. The maximum atomic E-state index is 12.6. The lowest BCUT2D eigenvalue weighted by Gasteiger charge is -2.18. The van der Waals surface area contributed by atoms with Crippen molar-refractivity contribution in [1.29, 1.82) is 0 Å². The molecule has 2 heterocycles. The Bertz CT molecular complexity index is 846. The van der Waals surface area contributed by atoms with E-state index in [0.29, 0.717) is 17.1 Å². The average molecular weight is 376 g/mol. The highest BCUT2D eigenvalue weighted by molar-refractivity contribution is 7.09. The molecule has 0 radical (unpaired) electrons. The lowest BCUT2D eigenvalue weighted by atomic mass is 10.1. The van der Waals surface area contributed by atoms with Gasteiger partial charge in [0, 0.05) is 15.5 Å². The van der Waals surface area contributed by atoms with Gasteiger partial charge in [0.2, 0.25) is 11.9 Å². The van der Waals surface area contributed by atoms with Gasteiger partial charge in [-0.3, -0.25) is 4.79 Å². The summed E-state index contributed by atoms with van der Waals surface area (Å²) in [4.78, 5) is 25.8. The zero-order valence-electron chi connectivity index (χ0n) is 13.0. The van der Waals surface area contributed by atoms with E-state index in [9.17, 15) is 9.59 Å². The molecule has 0 saturated heterocycles. The summed E-state index contributed by atoms with van der Waals surface area (Å²) in [7, 11) is 0. The minimum Gasteiger partial charge on any atom is -0.457 e. The summed E-state index contributed by atoms with van der Waals surface area (Å²) in [6.07, 6.45) is 0.184. The second-order valence-electron chi connectivity index (χ2n) is 5.08. The highest BCUT2D eigenvalue weighted by Crippen LogP contribution is 2.27. The van der Waals surface area contributed by atoms with Gasteiger partial charge in [-0.25, -0.2) is 4.79 Å². The lowest BCUT2D eigenvalue weighted by Crippen LogP contribution is -2.31. The maximum absolute atomic E-state index is 12.6. The Morgan fingerprint density at radius 3 is 2.68 bits per heavy atom. The molecule has 1 atom stereocenters. The van der Waals surface area contributed by atoms with Crippen LogP contribution >= 0.6 is 22.9 Å². The molecule has 1 N–H and O–H groups in total. The standard InChI is InChI=1S/C18H14ClNO4S/c19-14-7-2-1-6-13(14)16(24-18(22)15-8-3-9-23-15)17(21)20-11-12-5-4-10-25-12/h1-10,16H,11H2,(H,20,21). The molecule has 0 aliphatic heterocycles. The summed E-state index contributed by atoms with van der Waals surface area (Å²) >= 11 is 7.70. The van der Waals surface area contributed by atoms with E-state index in [-0.39, 0.29) is 5.76 Å². The molecule has 3 rings (SSSR count). The fourth-order valence-corrected chi connectivity index (χ4v) is 3.07. The Morgan fingerprint density at radius 1 is 1.16 bits per heavy atom. The van der Waals surface area contributed by atoms with Crippen LogP contribution in [0.1, 0.15) is 27.1 Å². The van der Waals surface area contributed by atoms with Gasteiger partial charge in [-0.2, -0.15) is 0 Å². The van der Waals surface area contributed by atoms with Crippen LogP contribution in [-0.4, -0.2) is 11.9 Å². The van der Waals surface area contributed by atoms with Crippen LogP contribution in [0.15, 0.2) is 64.6 Å². The molecule has 0 bridgehead atoms. The average Bonchev–Trinajstić information content (AvgIpc) is 3.31. The second kappa shape index (κ2) is 8.00. The van der Waals surface area contributed by atoms with Crippen LogP contribution in [0.5, 0.6) is 0 Å². The van der Waals surface area contributed by atoms with E-state index in [1.807, 2.05) is 17.5 Å². The number of furan rings is 1. The van der Waals surface area contributed by atoms with Gasteiger partial charge in [0.25, 0.3) is 5.91 Å². The molecule has 5 nitrogen and oxygen atoms in total. The molecule has 0 aliphatic rings. The molecular weight excluding hydrogens is 362 g/mol. The Labute approximate surface area is 153 Å². The minimum atomic E-state index is -1.17. The maximum Gasteiger partial charge on any atom is 0.375 e. The van der Waals surface area contributed by atoms with Crippen LogP contribution in [0, 0.1) is 0 Å². The highest BCUT2D eigenvalue weighted by Gasteiger charge is 2.28. The molecule has 25 heavy (non-hydrogen) atoms. The fourth-order valence-electron chi connectivity index (χ4n) is 2.19. The molecule has 3 aromatic rings. The first-order chi connectivity index (χ1) is 12.1. The van der Waals surface area contributed by atoms with Crippen molar-refractivity contribution in [2.75, 3.05) is 0 Å². The van der Waals surface area contributed by atoms with Crippen molar-refractivity contribution in [2.24, 2.45) is 0 Å². The Balaban J connectivity index is 1.79. The molecule has 0 fully saturated rings. The molecule has 1 aromatic carbocycles. The van der Waals surface area contributed by atoms with E-state index in [0.717, 1.165) is 4.88 Å². The summed E-state index contributed by atoms with van der Waals surface area (Å²) in [5.74, 6) is -1.18. The van der Waals surface area contributed by atoms with Crippen LogP contribution < -0.4 is 5.32 Å². The summed E-state index contributed by atoms with van der Waals surface area (Å²) in [5.41, 5.74) is 0.410. The molecular formula is C18H14ClNO4S. The number of rotatable bonds is 6. The number of carbonyl (C=O) groups excluding carboxylic acids is 2. The highest BCUT2D eigenvalue weighted by atomic mass is 35.5. The van der Waals surface area contributed by atoms with Crippen LogP contribution in [0.4, 0.5) is 0 Å². The van der Waals surface area contributed by atoms with E-state index in [4.69, 9.17) is 20.8 Å². The van der Waals surface area contributed by atoms with E-state index < -0.39 is 18.0 Å². The molecule has 128 valence electrons. The number of esters is 1. The number of halogens is 1. The molecule has 2 aromatic heterocycles. The van der Waals surface area contributed by atoms with Crippen LogP contribution in [0.2, 0.25) is 5.02 Å². The molecule has 0 aliphatic carbocycles. The molecule has 1 amide bonds. The van der Waals surface area contributed by atoms with Gasteiger partial charge in [-0.15, -0.1) is 11.3 Å². The van der Waals surface area contributed by atoms with Crippen molar-refractivity contribution >= 4 is 34.8 Å². The van der Waals surface area contributed by atoms with E-state index in [1.54, 1.807) is 30.3 Å². The fraction of sp³-hybridized carbons (Fsp3) is 0.111. The van der Waals surface area contributed by atoms with Gasteiger partial charge in [-0.05, 0) is 29.6 Å². The van der Waals surface area contributed by atoms with Crippen molar-refractivity contribution in [1.82, 2.24) is 5.32 Å². The number of carbonyl (C=O) groups is 2. The van der Waals surface area contributed by atoms with Gasteiger partial charge in [0.15, 0.2) is 0 Å². The van der Waals surface area contributed by atoms with Crippen molar-refractivity contribution in [3.8, 4) is 0 Å². The number of hydrogen-bond donors (Lipinski definition) is 1. The van der Waals surface area contributed by atoms with Gasteiger partial charge in [-0.1, -0.05) is 35.9 Å². The first-order valence-electron chi connectivity index (χ1n) is 7.44. The molecule has 1 unspecified atom stereocenters. The van der Waals surface area contributed by atoms with Crippen LogP contribution in [-0.2, 0) is 16.1 Å². The van der Waals surface area contributed by atoms with Crippen molar-refractivity contribution < 1.29 is 18.7 Å². The molecule has 0 spiro atoms. The van der Waals surface area contributed by atoms with Gasteiger partial charge < -0.3 is 14.5 Å². The van der Waals surface area contributed by atoms with Gasteiger partial charge >= 0.3 is 5.97 Å². The summed E-state index contributed by atoms with van der Waals surface area (Å²) in [5, 5.41) is 5.03. The van der Waals surface area contributed by atoms with Crippen LogP contribution in [0.25, 0.3) is 0 Å². The van der Waals surface area contributed by atoms with Gasteiger partial charge in [0.05, 0.1) is 12.8 Å². The number of amides is 1. The third kappa shape index (κ3) is 4.29. The summed E-state index contributed by atoms with van der Waals surface area (Å²) < 4.78 is 10.4. The van der Waals surface area contributed by atoms with Crippen molar-refractivity contribution in [3.63, 3.8) is 0 Å². The predicted molar refractivity (Wildman–Crippen MR) is 94.5 cm³/mol. The Morgan fingerprint density at radius 2 is 2.00 bits per heavy atom. The third-order valence-corrected chi connectivity index (χ3v) is 4.61. The number of ether oxygens (including phenoxy) is 1. The van der Waals surface area contributed by atoms with E-state index in [2.05, 4.69) is 5.32 Å². The lowest BCUT2D eigenvalue weighted by molar-refractivity contribution is -0.130. The molecule has 7 heteroatoms. The largest absolute Gasteiger partial charge is 0.457 e. The zero-order chi connectivity index (χ0) is 17.6. The van der Waals surface area contributed by atoms with Crippen molar-refractivity contribution in [2.45, 2.75) is 12.6 Å².